The maximum atomic E-state index is 12.6. The van der Waals surface area contributed by atoms with Crippen LogP contribution in [-0.2, 0) is 10.2 Å². The Morgan fingerprint density at radius 3 is 2.42 bits per heavy atom. The first-order chi connectivity index (χ1) is 14.7. The fourth-order valence-corrected chi connectivity index (χ4v) is 3.31. The van der Waals surface area contributed by atoms with Crippen LogP contribution in [0.25, 0.3) is 12.2 Å². The van der Waals surface area contributed by atoms with Gasteiger partial charge in [0.05, 0.1) is 12.0 Å². The van der Waals surface area contributed by atoms with Crippen LogP contribution in [0.5, 0.6) is 0 Å². The van der Waals surface area contributed by atoms with Crippen molar-refractivity contribution in [3.63, 3.8) is 0 Å². The fourth-order valence-electron chi connectivity index (χ4n) is 3.31. The number of nitrogens with one attached hydrogen (secondary N) is 4. The Kier molecular flexibility index (Phi) is 5.22. The maximum absolute atomic E-state index is 12.6. The van der Waals surface area contributed by atoms with Crippen LogP contribution in [0.2, 0.25) is 0 Å². The van der Waals surface area contributed by atoms with E-state index < -0.39 is 11.1 Å². The lowest BCUT2D eigenvalue weighted by atomic mass is 9.90. The predicted molar refractivity (Wildman–Crippen MR) is 119 cm³/mol. The monoisotopic (exact) mass is 419 g/mol. The van der Waals surface area contributed by atoms with Crippen molar-refractivity contribution in [2.24, 2.45) is 5.92 Å². The Bertz CT molecular complexity index is 1370. The van der Waals surface area contributed by atoms with Gasteiger partial charge in [-0.3, -0.25) is 14.4 Å². The molecule has 4 N–H and O–H groups in total. The molecule has 0 radical (unpaired) electrons. The smallest absolute Gasteiger partial charge is 0.272 e. The van der Waals surface area contributed by atoms with Crippen molar-refractivity contribution in [3.05, 3.63) is 78.9 Å². The molecule has 0 spiro atoms. The van der Waals surface area contributed by atoms with Gasteiger partial charge in [0.15, 0.2) is 0 Å². The molecule has 1 aliphatic carbocycles. The number of aromatic nitrogens is 4. The summed E-state index contributed by atoms with van der Waals surface area (Å²) in [6.45, 7) is 6.10. The van der Waals surface area contributed by atoms with Gasteiger partial charge in [-0.15, -0.1) is 0 Å². The van der Waals surface area contributed by atoms with Crippen molar-refractivity contribution in [3.8, 4) is 0 Å². The van der Waals surface area contributed by atoms with Crippen molar-refractivity contribution in [1.82, 2.24) is 19.9 Å². The molecular weight excluding hydrogens is 394 g/mol. The molecule has 0 aliphatic heterocycles. The zero-order valence-electron chi connectivity index (χ0n) is 17.7. The minimum atomic E-state index is -0.425. The van der Waals surface area contributed by atoms with Gasteiger partial charge in [-0.05, 0) is 42.7 Å². The number of imidazole rings is 1. The first-order valence-corrected chi connectivity index (χ1v) is 10.2. The molecule has 2 heterocycles. The van der Waals surface area contributed by atoms with Gasteiger partial charge in [0.2, 0.25) is 5.91 Å². The van der Waals surface area contributed by atoms with Gasteiger partial charge in [-0.25, -0.2) is 4.98 Å². The van der Waals surface area contributed by atoms with E-state index in [1.165, 1.54) is 0 Å². The summed E-state index contributed by atoms with van der Waals surface area (Å²) in [4.78, 5) is 49.8. The zero-order chi connectivity index (χ0) is 22.2. The number of aromatic amines is 3. The van der Waals surface area contributed by atoms with Gasteiger partial charge >= 0.3 is 0 Å². The summed E-state index contributed by atoms with van der Waals surface area (Å²) in [6.07, 6.45) is 6.55. The molecule has 4 rings (SSSR count). The van der Waals surface area contributed by atoms with Crippen molar-refractivity contribution in [2.45, 2.75) is 39.0 Å². The second-order valence-electron chi connectivity index (χ2n) is 8.83. The Labute approximate surface area is 178 Å². The van der Waals surface area contributed by atoms with Crippen molar-refractivity contribution in [2.75, 3.05) is 5.32 Å². The Morgan fingerprint density at radius 2 is 1.77 bits per heavy atom. The van der Waals surface area contributed by atoms with Crippen molar-refractivity contribution >= 4 is 23.7 Å². The van der Waals surface area contributed by atoms with Crippen LogP contribution in [-0.4, -0.2) is 25.8 Å². The van der Waals surface area contributed by atoms with Gasteiger partial charge in [-0.1, -0.05) is 32.9 Å². The van der Waals surface area contributed by atoms with E-state index in [1.807, 2.05) is 20.8 Å². The summed E-state index contributed by atoms with van der Waals surface area (Å²) >= 11 is 0. The van der Waals surface area contributed by atoms with Gasteiger partial charge in [0.1, 0.15) is 10.7 Å². The number of nitrogens with zero attached hydrogens (tertiary/aromatic N) is 1. The highest BCUT2D eigenvalue weighted by Crippen LogP contribution is 2.30. The molecule has 1 aliphatic rings. The molecule has 8 heteroatoms. The summed E-state index contributed by atoms with van der Waals surface area (Å²) in [7, 11) is 0. The van der Waals surface area contributed by atoms with Crippen LogP contribution in [0.1, 0.15) is 50.6 Å². The van der Waals surface area contributed by atoms with Gasteiger partial charge in [0, 0.05) is 22.7 Å². The second-order valence-corrected chi connectivity index (χ2v) is 8.83. The highest BCUT2D eigenvalue weighted by Gasteiger charge is 2.29. The Morgan fingerprint density at radius 1 is 1.10 bits per heavy atom. The number of carbonyl (C=O) groups is 1. The second kappa shape index (κ2) is 7.86. The molecule has 31 heavy (non-hydrogen) atoms. The number of benzene rings is 1. The molecular formula is C23H25N5O3. The predicted octanol–water partition coefficient (Wildman–Crippen LogP) is 1.09. The minimum Gasteiger partial charge on any atom is -0.348 e. The zero-order valence-corrected chi connectivity index (χ0v) is 17.7. The molecule has 8 nitrogen and oxygen atoms in total. The molecule has 0 saturated heterocycles. The summed E-state index contributed by atoms with van der Waals surface area (Å²) in [5.41, 5.74) is 1.77. The molecule has 1 aromatic carbocycles. The van der Waals surface area contributed by atoms with E-state index in [0.717, 1.165) is 18.5 Å². The molecule has 0 atom stereocenters. The minimum absolute atomic E-state index is 0.0105. The van der Waals surface area contributed by atoms with Gasteiger partial charge in [-0.2, -0.15) is 0 Å². The third-order valence-corrected chi connectivity index (χ3v) is 5.10. The number of rotatable bonds is 4. The molecule has 1 amide bonds. The molecule has 1 saturated carbocycles. The fraction of sp³-hybridized carbons (Fsp3) is 0.304. The average Bonchev–Trinajstić information content (AvgIpc) is 3.44. The number of carbonyl (C=O) groups excluding carboxylic acids is 1. The normalized spacial score (nSPS) is 15.3. The van der Waals surface area contributed by atoms with E-state index >= 15 is 0 Å². The summed E-state index contributed by atoms with van der Waals surface area (Å²) < 4.78 is 0. The number of hydrogen-bond donors (Lipinski definition) is 4. The largest absolute Gasteiger partial charge is 0.348 e. The van der Waals surface area contributed by atoms with Gasteiger partial charge < -0.3 is 20.3 Å². The quantitative estimate of drug-likeness (QED) is 0.505. The van der Waals surface area contributed by atoms with Gasteiger partial charge in [0.25, 0.3) is 11.1 Å². The molecule has 160 valence electrons. The number of anilines is 1. The lowest BCUT2D eigenvalue weighted by Crippen LogP contribution is -2.46. The first-order valence-electron chi connectivity index (χ1n) is 10.2. The lowest BCUT2D eigenvalue weighted by molar-refractivity contribution is -0.117. The highest BCUT2D eigenvalue weighted by molar-refractivity contribution is 5.94. The highest BCUT2D eigenvalue weighted by atomic mass is 16.2. The van der Waals surface area contributed by atoms with Crippen molar-refractivity contribution < 1.29 is 4.79 Å². The van der Waals surface area contributed by atoms with E-state index in [9.17, 15) is 14.4 Å². The third-order valence-electron chi connectivity index (χ3n) is 5.10. The van der Waals surface area contributed by atoms with E-state index in [2.05, 4.69) is 25.3 Å². The number of hydrogen-bond acceptors (Lipinski definition) is 4. The van der Waals surface area contributed by atoms with Crippen LogP contribution in [0, 0.1) is 5.92 Å². The Hall–Kier alpha value is -3.68. The van der Waals surface area contributed by atoms with Crippen LogP contribution >= 0.6 is 0 Å². The lowest BCUT2D eigenvalue weighted by Gasteiger charge is -2.16. The summed E-state index contributed by atoms with van der Waals surface area (Å²) in [5, 5.41) is 3.14. The topological polar surface area (TPSA) is 123 Å². The SMILES string of the molecule is CC(C)(C)c1[nH]cnc1/C=c1\[nH]c(=O)/c(=C/c2cccc(NC(=O)C3CC3)c2)[nH]c1=O. The van der Waals surface area contributed by atoms with E-state index in [-0.39, 0.29) is 27.9 Å². The first kappa shape index (κ1) is 20.6. The molecule has 3 aromatic rings. The van der Waals surface area contributed by atoms with E-state index in [4.69, 9.17) is 0 Å². The van der Waals surface area contributed by atoms with Crippen LogP contribution in [0.4, 0.5) is 5.69 Å². The Balaban J connectivity index is 1.69. The molecule has 1 fully saturated rings. The average molecular weight is 419 g/mol. The summed E-state index contributed by atoms with van der Waals surface area (Å²) in [5.74, 6) is 0.111. The van der Waals surface area contributed by atoms with Crippen LogP contribution in [0.3, 0.4) is 0 Å². The molecule has 0 bridgehead atoms. The van der Waals surface area contributed by atoms with Crippen molar-refractivity contribution in [1.29, 1.82) is 0 Å². The molecule has 0 unspecified atom stereocenters. The standard InChI is InChI=1S/C23H25N5O3/c1-23(2,3)19-16(24-12-25-19)11-18-22(31)27-17(21(30)28-18)10-13-5-4-6-15(9-13)26-20(29)14-7-8-14/h4-6,9-12,14H,7-8H2,1-3H3,(H,24,25)(H,26,29)(H,27,31)(H,28,30)/b17-10-,18-11-. The van der Waals surface area contributed by atoms with E-state index in [1.54, 1.807) is 42.7 Å². The third kappa shape index (κ3) is 4.74. The number of amides is 1. The number of H-pyrrole nitrogens is 3. The van der Waals surface area contributed by atoms with E-state index in [0.29, 0.717) is 16.9 Å². The summed E-state index contributed by atoms with van der Waals surface area (Å²) in [6, 6.07) is 7.13. The van der Waals surface area contributed by atoms with Crippen LogP contribution in [0.15, 0.2) is 40.2 Å². The van der Waals surface area contributed by atoms with Crippen LogP contribution < -0.4 is 27.1 Å². The maximum Gasteiger partial charge on any atom is 0.272 e. The molecule has 2 aromatic heterocycles.